The number of hydrogen-bond donors (Lipinski definition) is 0. The standard InChI is InChI=1S/C24H25F3O2/c1-3-5-6-7-17-8-11-20(12-9-17)24(26,27)29-23-16-18-10-13-21(28-4-2)14-19(18)15-22(23)25/h8-16H,3-7H2,1-2H3. The lowest BCUT2D eigenvalue weighted by atomic mass is 10.0. The van der Waals surface area contributed by atoms with E-state index in [4.69, 9.17) is 9.47 Å². The summed E-state index contributed by atoms with van der Waals surface area (Å²) in [4.78, 5) is 0. The summed E-state index contributed by atoms with van der Waals surface area (Å²) in [7, 11) is 0. The molecule has 0 fully saturated rings. The summed E-state index contributed by atoms with van der Waals surface area (Å²) in [5.74, 6) is -0.738. The van der Waals surface area contributed by atoms with Crippen molar-refractivity contribution in [3.05, 3.63) is 71.5 Å². The zero-order valence-electron chi connectivity index (χ0n) is 16.7. The lowest BCUT2D eigenvalue weighted by Gasteiger charge is -2.19. The van der Waals surface area contributed by atoms with E-state index in [0.29, 0.717) is 23.1 Å². The number of rotatable bonds is 9. The largest absolute Gasteiger partial charge is 0.494 e. The van der Waals surface area contributed by atoms with Crippen molar-refractivity contribution in [2.75, 3.05) is 6.61 Å². The molecule has 3 rings (SSSR count). The van der Waals surface area contributed by atoms with Crippen LogP contribution in [0.2, 0.25) is 0 Å². The van der Waals surface area contributed by atoms with Crippen LogP contribution >= 0.6 is 0 Å². The van der Waals surface area contributed by atoms with E-state index in [1.807, 2.05) is 6.92 Å². The van der Waals surface area contributed by atoms with Crippen LogP contribution in [0.3, 0.4) is 0 Å². The highest BCUT2D eigenvalue weighted by Gasteiger charge is 2.35. The molecule has 0 radical (unpaired) electrons. The summed E-state index contributed by atoms with van der Waals surface area (Å²) in [5.41, 5.74) is 0.697. The molecular formula is C24H25F3O2. The normalized spacial score (nSPS) is 11.6. The van der Waals surface area contributed by atoms with Gasteiger partial charge in [-0.15, -0.1) is 0 Å². The van der Waals surface area contributed by atoms with Crippen molar-refractivity contribution in [1.82, 2.24) is 0 Å². The zero-order chi connectivity index (χ0) is 20.9. The summed E-state index contributed by atoms with van der Waals surface area (Å²) in [6.45, 7) is 4.45. The number of halogens is 3. The molecule has 5 heteroatoms. The summed E-state index contributed by atoms with van der Waals surface area (Å²) in [6, 6.07) is 13.6. The van der Waals surface area contributed by atoms with Crippen LogP contribution < -0.4 is 9.47 Å². The van der Waals surface area contributed by atoms with Gasteiger partial charge in [0.1, 0.15) is 5.75 Å². The van der Waals surface area contributed by atoms with Gasteiger partial charge in [-0.2, -0.15) is 8.78 Å². The molecule has 0 atom stereocenters. The molecule has 0 N–H and O–H groups in total. The molecule has 29 heavy (non-hydrogen) atoms. The summed E-state index contributed by atoms with van der Waals surface area (Å²) in [6.07, 6.45) is 0.448. The number of aryl methyl sites for hydroxylation is 1. The van der Waals surface area contributed by atoms with Gasteiger partial charge in [0.05, 0.1) is 12.2 Å². The van der Waals surface area contributed by atoms with Crippen molar-refractivity contribution >= 4 is 10.8 Å². The monoisotopic (exact) mass is 402 g/mol. The topological polar surface area (TPSA) is 18.5 Å². The Morgan fingerprint density at radius 1 is 0.862 bits per heavy atom. The molecule has 0 spiro atoms. The Labute approximate surface area is 169 Å². The molecule has 0 saturated heterocycles. The van der Waals surface area contributed by atoms with Gasteiger partial charge in [0.25, 0.3) is 0 Å². The highest BCUT2D eigenvalue weighted by Crippen LogP contribution is 2.35. The van der Waals surface area contributed by atoms with E-state index in [-0.39, 0.29) is 5.56 Å². The highest BCUT2D eigenvalue weighted by molar-refractivity contribution is 5.85. The van der Waals surface area contributed by atoms with E-state index in [0.717, 1.165) is 31.2 Å². The number of ether oxygens (including phenoxy) is 2. The molecule has 154 valence electrons. The Bertz CT molecular complexity index is 952. The first-order valence-corrected chi connectivity index (χ1v) is 9.95. The van der Waals surface area contributed by atoms with Crippen LogP contribution in [-0.2, 0) is 12.5 Å². The lowest BCUT2D eigenvalue weighted by molar-refractivity contribution is -0.186. The lowest BCUT2D eigenvalue weighted by Crippen LogP contribution is -2.22. The average Bonchev–Trinajstić information content (AvgIpc) is 2.69. The van der Waals surface area contributed by atoms with E-state index in [9.17, 15) is 13.2 Å². The summed E-state index contributed by atoms with van der Waals surface area (Å²) in [5, 5.41) is 1.15. The molecule has 3 aromatic rings. The van der Waals surface area contributed by atoms with Crippen molar-refractivity contribution < 1.29 is 22.6 Å². The maximum atomic E-state index is 14.6. The van der Waals surface area contributed by atoms with Crippen LogP contribution in [-0.4, -0.2) is 6.61 Å². The average molecular weight is 402 g/mol. The minimum absolute atomic E-state index is 0.303. The maximum Gasteiger partial charge on any atom is 0.426 e. The Balaban J connectivity index is 1.79. The van der Waals surface area contributed by atoms with Gasteiger partial charge in [-0.1, -0.05) is 38.0 Å². The van der Waals surface area contributed by atoms with E-state index >= 15 is 0 Å². The third kappa shape index (κ3) is 5.22. The first-order chi connectivity index (χ1) is 13.9. The quantitative estimate of drug-likeness (QED) is 0.351. The first-order valence-electron chi connectivity index (χ1n) is 9.95. The second-order valence-electron chi connectivity index (χ2n) is 7.00. The van der Waals surface area contributed by atoms with Crippen molar-refractivity contribution in [1.29, 1.82) is 0 Å². The predicted octanol–water partition coefficient (Wildman–Crippen LogP) is 7.24. The van der Waals surface area contributed by atoms with Crippen molar-refractivity contribution in [2.45, 2.75) is 45.6 Å². The van der Waals surface area contributed by atoms with E-state index < -0.39 is 17.7 Å². The minimum atomic E-state index is -3.64. The van der Waals surface area contributed by atoms with Gasteiger partial charge in [0, 0.05) is 0 Å². The van der Waals surface area contributed by atoms with Crippen LogP contribution in [0.4, 0.5) is 13.2 Å². The fourth-order valence-corrected chi connectivity index (χ4v) is 3.20. The molecule has 3 aromatic carbocycles. The molecule has 0 amide bonds. The molecule has 0 saturated carbocycles. The van der Waals surface area contributed by atoms with Gasteiger partial charge < -0.3 is 9.47 Å². The zero-order valence-corrected chi connectivity index (χ0v) is 16.7. The molecule has 0 bridgehead atoms. The van der Waals surface area contributed by atoms with Crippen LogP contribution in [0.15, 0.2) is 54.6 Å². The molecule has 0 aliphatic heterocycles. The Kier molecular flexibility index (Phi) is 6.68. The minimum Gasteiger partial charge on any atom is -0.494 e. The van der Waals surface area contributed by atoms with Gasteiger partial charge in [-0.25, -0.2) is 4.39 Å². The summed E-state index contributed by atoms with van der Waals surface area (Å²) >= 11 is 0. The number of unbranched alkanes of at least 4 members (excludes halogenated alkanes) is 2. The van der Waals surface area contributed by atoms with Gasteiger partial charge >= 0.3 is 6.11 Å². The van der Waals surface area contributed by atoms with Crippen LogP contribution in [0.5, 0.6) is 11.5 Å². The fraction of sp³-hybridized carbons (Fsp3) is 0.333. The molecular weight excluding hydrogens is 377 g/mol. The van der Waals surface area contributed by atoms with Crippen molar-refractivity contribution in [3.63, 3.8) is 0 Å². The molecule has 0 aliphatic carbocycles. The third-order valence-electron chi connectivity index (χ3n) is 4.77. The van der Waals surface area contributed by atoms with Gasteiger partial charge in [-0.05, 0) is 72.5 Å². The second kappa shape index (κ2) is 9.21. The SMILES string of the molecule is CCCCCc1ccc(C(F)(F)Oc2cc3ccc(OCC)cc3cc2F)cc1. The van der Waals surface area contributed by atoms with Crippen molar-refractivity contribution in [2.24, 2.45) is 0 Å². The Morgan fingerprint density at radius 3 is 2.31 bits per heavy atom. The molecule has 0 unspecified atom stereocenters. The molecule has 0 heterocycles. The van der Waals surface area contributed by atoms with E-state index in [1.165, 1.54) is 24.3 Å². The molecule has 2 nitrogen and oxygen atoms in total. The first kappa shape index (κ1) is 21.0. The van der Waals surface area contributed by atoms with Gasteiger partial charge in [0.2, 0.25) is 0 Å². The predicted molar refractivity (Wildman–Crippen MR) is 109 cm³/mol. The summed E-state index contributed by atoms with van der Waals surface area (Å²) < 4.78 is 53.8. The number of alkyl halides is 2. The number of benzene rings is 3. The van der Waals surface area contributed by atoms with Crippen molar-refractivity contribution in [3.8, 4) is 11.5 Å². The van der Waals surface area contributed by atoms with Crippen LogP contribution in [0.25, 0.3) is 10.8 Å². The number of fused-ring (bicyclic) bond motifs is 1. The van der Waals surface area contributed by atoms with Crippen LogP contribution in [0.1, 0.15) is 44.2 Å². The Morgan fingerprint density at radius 2 is 1.62 bits per heavy atom. The maximum absolute atomic E-state index is 14.6. The van der Waals surface area contributed by atoms with E-state index in [1.54, 1.807) is 30.3 Å². The van der Waals surface area contributed by atoms with E-state index in [2.05, 4.69) is 6.92 Å². The number of hydrogen-bond acceptors (Lipinski definition) is 2. The third-order valence-corrected chi connectivity index (χ3v) is 4.77. The van der Waals surface area contributed by atoms with Gasteiger partial charge in [0.15, 0.2) is 11.6 Å². The second-order valence-corrected chi connectivity index (χ2v) is 7.00. The smallest absolute Gasteiger partial charge is 0.426 e. The van der Waals surface area contributed by atoms with Gasteiger partial charge in [-0.3, -0.25) is 0 Å². The fourth-order valence-electron chi connectivity index (χ4n) is 3.20. The van der Waals surface area contributed by atoms with Crippen LogP contribution in [0, 0.1) is 5.82 Å². The Hall–Kier alpha value is -2.69. The highest BCUT2D eigenvalue weighted by atomic mass is 19.3. The molecule has 0 aliphatic rings. The molecule has 0 aromatic heterocycles.